The largest absolute Gasteiger partial charge is 0.461 e. The summed E-state index contributed by atoms with van der Waals surface area (Å²) in [5.41, 5.74) is -0.173. The van der Waals surface area contributed by atoms with Crippen LogP contribution in [-0.2, 0) is 4.74 Å². The van der Waals surface area contributed by atoms with Gasteiger partial charge in [-0.2, -0.15) is 15.0 Å². The van der Waals surface area contributed by atoms with Crippen LogP contribution in [0.2, 0.25) is 0 Å². The fourth-order valence-electron chi connectivity index (χ4n) is 1.20. The summed E-state index contributed by atoms with van der Waals surface area (Å²) < 4.78 is 11.0. The molecule has 0 spiro atoms. The van der Waals surface area contributed by atoms with Gasteiger partial charge in [-0.05, 0) is 20.8 Å². The fourth-order valence-corrected chi connectivity index (χ4v) is 1.20. The van der Waals surface area contributed by atoms with Gasteiger partial charge in [-0.15, -0.1) is 0 Å². The predicted molar refractivity (Wildman–Crippen MR) is 74.9 cm³/mol. The van der Waals surface area contributed by atoms with Gasteiger partial charge in [-0.25, -0.2) is 0 Å². The number of ether oxygens (including phenoxy) is 2. The molecule has 19 heavy (non-hydrogen) atoms. The lowest BCUT2D eigenvalue weighted by Gasteiger charge is -2.19. The zero-order valence-electron chi connectivity index (χ0n) is 12.5. The van der Waals surface area contributed by atoms with E-state index in [1.54, 1.807) is 11.9 Å². The van der Waals surface area contributed by atoms with Gasteiger partial charge in [0.2, 0.25) is 11.9 Å². The van der Waals surface area contributed by atoms with E-state index in [-0.39, 0.29) is 5.60 Å². The van der Waals surface area contributed by atoms with E-state index in [9.17, 15) is 0 Å². The maximum Gasteiger partial charge on any atom is 0.323 e. The minimum Gasteiger partial charge on any atom is -0.461 e. The highest BCUT2D eigenvalue weighted by Gasteiger charge is 2.11. The molecule has 1 aromatic rings. The maximum atomic E-state index is 5.56. The quantitative estimate of drug-likeness (QED) is 0.777. The highest BCUT2D eigenvalue weighted by molar-refractivity contribution is 5.36. The van der Waals surface area contributed by atoms with Crippen LogP contribution in [0.15, 0.2) is 0 Å². The van der Waals surface area contributed by atoms with E-state index in [1.165, 1.54) is 0 Å². The van der Waals surface area contributed by atoms with Crippen LogP contribution in [0.4, 0.5) is 11.9 Å². The Hall–Kier alpha value is -1.63. The van der Waals surface area contributed by atoms with Crippen LogP contribution in [-0.4, -0.2) is 54.9 Å². The van der Waals surface area contributed by atoms with E-state index >= 15 is 0 Å². The Balaban J connectivity index is 2.60. The summed E-state index contributed by atoms with van der Waals surface area (Å²) in [6, 6.07) is 0.292. The van der Waals surface area contributed by atoms with Crippen molar-refractivity contribution in [3.63, 3.8) is 0 Å². The molecule has 0 saturated heterocycles. The molecule has 0 aliphatic heterocycles. The molecule has 0 aliphatic rings. The van der Waals surface area contributed by atoms with Gasteiger partial charge in [0.15, 0.2) is 0 Å². The molecule has 0 saturated carbocycles. The second-order valence-electron chi connectivity index (χ2n) is 5.20. The summed E-state index contributed by atoms with van der Waals surface area (Å²) in [5.74, 6) is 1.02. The van der Waals surface area contributed by atoms with Gasteiger partial charge in [-0.1, -0.05) is 0 Å². The van der Waals surface area contributed by atoms with E-state index in [4.69, 9.17) is 9.47 Å². The first-order valence-electron chi connectivity index (χ1n) is 6.20. The first kappa shape index (κ1) is 15.4. The molecule has 1 aromatic heterocycles. The minimum absolute atomic E-state index is 0.173. The molecule has 1 heterocycles. The third-order valence-electron chi connectivity index (χ3n) is 2.08. The second-order valence-corrected chi connectivity index (χ2v) is 5.20. The molecule has 0 bridgehead atoms. The molecule has 0 fully saturated rings. The van der Waals surface area contributed by atoms with Crippen molar-refractivity contribution in [2.45, 2.75) is 26.4 Å². The lowest BCUT2D eigenvalue weighted by atomic mass is 10.2. The first-order chi connectivity index (χ1) is 8.81. The van der Waals surface area contributed by atoms with Crippen LogP contribution < -0.4 is 15.0 Å². The maximum absolute atomic E-state index is 5.56. The lowest BCUT2D eigenvalue weighted by Crippen LogP contribution is -2.23. The zero-order valence-corrected chi connectivity index (χ0v) is 12.5. The molecule has 0 aromatic carbocycles. The molecule has 1 rings (SSSR count). The van der Waals surface area contributed by atoms with Crippen molar-refractivity contribution in [3.05, 3.63) is 0 Å². The molecule has 0 atom stereocenters. The Morgan fingerprint density at radius 2 is 1.79 bits per heavy atom. The van der Waals surface area contributed by atoms with Crippen molar-refractivity contribution in [2.75, 3.05) is 44.6 Å². The topological polar surface area (TPSA) is 72.4 Å². The zero-order chi connectivity index (χ0) is 14.5. The Morgan fingerprint density at radius 1 is 1.11 bits per heavy atom. The molecular weight excluding hydrogens is 246 g/mol. The smallest absolute Gasteiger partial charge is 0.323 e. The van der Waals surface area contributed by atoms with Crippen LogP contribution in [0.3, 0.4) is 0 Å². The first-order valence-corrected chi connectivity index (χ1v) is 6.20. The van der Waals surface area contributed by atoms with Gasteiger partial charge in [0, 0.05) is 21.1 Å². The van der Waals surface area contributed by atoms with Crippen LogP contribution in [0.25, 0.3) is 0 Å². The summed E-state index contributed by atoms with van der Waals surface area (Å²) in [5, 5.41) is 2.88. The number of nitrogens with zero attached hydrogens (tertiary/aromatic N) is 4. The fraction of sp³-hybridized carbons (Fsp3) is 0.750. The molecule has 108 valence electrons. The number of anilines is 2. The number of nitrogens with one attached hydrogen (secondary N) is 1. The molecule has 0 amide bonds. The van der Waals surface area contributed by atoms with Crippen molar-refractivity contribution in [1.29, 1.82) is 0 Å². The van der Waals surface area contributed by atoms with Gasteiger partial charge in [-0.3, -0.25) is 0 Å². The number of rotatable bonds is 6. The summed E-state index contributed by atoms with van der Waals surface area (Å²) in [4.78, 5) is 14.3. The van der Waals surface area contributed by atoms with Gasteiger partial charge < -0.3 is 19.7 Å². The predicted octanol–water partition coefficient (Wildman–Crippen LogP) is 1.17. The van der Waals surface area contributed by atoms with Crippen molar-refractivity contribution in [1.82, 2.24) is 15.0 Å². The Bertz CT molecular complexity index is 404. The second kappa shape index (κ2) is 6.51. The summed E-state index contributed by atoms with van der Waals surface area (Å²) in [6.07, 6.45) is 0. The van der Waals surface area contributed by atoms with Crippen LogP contribution in [0.5, 0.6) is 6.01 Å². The molecule has 7 nitrogen and oxygen atoms in total. The molecule has 0 aliphatic carbocycles. The molecular formula is C12H23N5O2. The van der Waals surface area contributed by atoms with Gasteiger partial charge in [0.05, 0.1) is 12.2 Å². The van der Waals surface area contributed by atoms with Crippen LogP contribution in [0, 0.1) is 0 Å². The van der Waals surface area contributed by atoms with Crippen molar-refractivity contribution in [3.8, 4) is 6.01 Å². The highest BCUT2D eigenvalue weighted by Crippen LogP contribution is 2.13. The van der Waals surface area contributed by atoms with Crippen LogP contribution >= 0.6 is 0 Å². The minimum atomic E-state index is -0.173. The van der Waals surface area contributed by atoms with Gasteiger partial charge in [0.1, 0.15) is 6.61 Å². The molecule has 0 radical (unpaired) electrons. The normalized spacial score (nSPS) is 11.3. The standard InChI is InChI=1S/C12H23N5O2/c1-12(2,3)19-8-7-18-11-15-9(13-4)14-10(16-11)17(5)6/h7-8H2,1-6H3,(H,13,14,15,16). The highest BCUT2D eigenvalue weighted by atomic mass is 16.5. The molecule has 0 unspecified atom stereocenters. The Morgan fingerprint density at radius 3 is 2.32 bits per heavy atom. The van der Waals surface area contributed by atoms with E-state index in [0.29, 0.717) is 31.1 Å². The number of hydrogen-bond acceptors (Lipinski definition) is 7. The van der Waals surface area contributed by atoms with Crippen LogP contribution in [0.1, 0.15) is 20.8 Å². The average Bonchev–Trinajstić information content (AvgIpc) is 2.33. The lowest BCUT2D eigenvalue weighted by molar-refractivity contribution is -0.0173. The van der Waals surface area contributed by atoms with Crippen molar-refractivity contribution < 1.29 is 9.47 Å². The average molecular weight is 269 g/mol. The summed E-state index contributed by atoms with van der Waals surface area (Å²) >= 11 is 0. The molecule has 7 heteroatoms. The number of aromatic nitrogens is 3. The van der Waals surface area contributed by atoms with E-state index in [2.05, 4.69) is 20.3 Å². The monoisotopic (exact) mass is 269 g/mol. The van der Waals surface area contributed by atoms with E-state index in [1.807, 2.05) is 34.9 Å². The third-order valence-corrected chi connectivity index (χ3v) is 2.08. The molecule has 1 N–H and O–H groups in total. The number of hydrogen-bond donors (Lipinski definition) is 1. The van der Waals surface area contributed by atoms with Crippen molar-refractivity contribution in [2.24, 2.45) is 0 Å². The Labute approximate surface area is 114 Å². The van der Waals surface area contributed by atoms with E-state index in [0.717, 1.165) is 0 Å². The Kier molecular flexibility index (Phi) is 5.29. The summed E-state index contributed by atoms with van der Waals surface area (Å²) in [7, 11) is 5.48. The SMILES string of the molecule is CNc1nc(OCCOC(C)(C)C)nc(N(C)C)n1. The van der Waals surface area contributed by atoms with E-state index < -0.39 is 0 Å². The summed E-state index contributed by atoms with van der Waals surface area (Å²) in [6.45, 7) is 6.89. The third kappa shape index (κ3) is 5.69. The van der Waals surface area contributed by atoms with Gasteiger partial charge in [0.25, 0.3) is 0 Å². The van der Waals surface area contributed by atoms with Gasteiger partial charge >= 0.3 is 6.01 Å². The van der Waals surface area contributed by atoms with Crippen molar-refractivity contribution >= 4 is 11.9 Å².